The van der Waals surface area contributed by atoms with Gasteiger partial charge in [-0.15, -0.1) is 0 Å². The van der Waals surface area contributed by atoms with Crippen LogP contribution in [0, 0.1) is 0 Å². The molecule has 96 valence electrons. The van der Waals surface area contributed by atoms with Gasteiger partial charge in [0, 0.05) is 16.6 Å². The molecule has 0 amide bonds. The van der Waals surface area contributed by atoms with Crippen molar-refractivity contribution in [1.29, 1.82) is 0 Å². The van der Waals surface area contributed by atoms with Gasteiger partial charge >= 0.3 is 0 Å². The van der Waals surface area contributed by atoms with E-state index in [4.69, 9.17) is 27.8 Å². The molecule has 3 nitrogen and oxygen atoms in total. The van der Waals surface area contributed by atoms with E-state index >= 15 is 0 Å². The van der Waals surface area contributed by atoms with Gasteiger partial charge in [-0.25, -0.2) is 0 Å². The topological polar surface area (TPSA) is 61.3 Å². The van der Waals surface area contributed by atoms with E-state index in [1.165, 1.54) is 0 Å². The Morgan fingerprint density at radius 3 is 2.59 bits per heavy atom. The Hall–Kier alpha value is -0.770. The summed E-state index contributed by atoms with van der Waals surface area (Å²) < 4.78 is 5.55. The van der Waals surface area contributed by atoms with E-state index < -0.39 is 5.54 Å². The number of nitrogens with two attached hydrogens (primary N) is 2. The summed E-state index contributed by atoms with van der Waals surface area (Å²) in [5.74, 6) is 0.830. The van der Waals surface area contributed by atoms with E-state index in [2.05, 4.69) is 0 Å². The molecule has 0 aromatic heterocycles. The van der Waals surface area contributed by atoms with Crippen LogP contribution in [0.5, 0.6) is 5.75 Å². The summed E-state index contributed by atoms with van der Waals surface area (Å²) in [5.41, 5.74) is 12.6. The fraction of sp³-hybridized carbons (Fsp3) is 0.538. The molecule has 0 aliphatic carbocycles. The van der Waals surface area contributed by atoms with Crippen LogP contribution in [0.15, 0.2) is 18.2 Å². The first kappa shape index (κ1) is 14.3. The van der Waals surface area contributed by atoms with Crippen LogP contribution in [0.4, 0.5) is 0 Å². The van der Waals surface area contributed by atoms with Crippen molar-refractivity contribution in [2.45, 2.75) is 38.8 Å². The number of rotatable bonds is 5. The molecule has 1 unspecified atom stereocenters. The number of ether oxygens (including phenoxy) is 1. The van der Waals surface area contributed by atoms with Gasteiger partial charge in [0.15, 0.2) is 0 Å². The van der Waals surface area contributed by atoms with Crippen molar-refractivity contribution in [3.8, 4) is 5.75 Å². The largest absolute Gasteiger partial charge is 0.494 e. The summed E-state index contributed by atoms with van der Waals surface area (Å²) in [6, 6.07) is 5.44. The average Bonchev–Trinajstić information content (AvgIpc) is 2.21. The van der Waals surface area contributed by atoms with Crippen LogP contribution < -0.4 is 16.2 Å². The Kier molecular flexibility index (Phi) is 4.80. The highest BCUT2D eigenvalue weighted by Gasteiger charge is 2.22. The molecule has 0 fully saturated rings. The SMILES string of the molecule is CCOc1ccc(Cl)cc1CC(N)C(C)(C)N. The van der Waals surface area contributed by atoms with Crippen LogP contribution in [-0.2, 0) is 6.42 Å². The maximum Gasteiger partial charge on any atom is 0.122 e. The second-order valence-electron chi connectivity index (χ2n) is 4.82. The molecule has 17 heavy (non-hydrogen) atoms. The van der Waals surface area contributed by atoms with Gasteiger partial charge in [0.2, 0.25) is 0 Å². The smallest absolute Gasteiger partial charge is 0.122 e. The lowest BCUT2D eigenvalue weighted by atomic mass is 9.91. The Labute approximate surface area is 108 Å². The maximum absolute atomic E-state index is 6.07. The third-order valence-corrected chi connectivity index (χ3v) is 2.95. The van der Waals surface area contributed by atoms with Crippen molar-refractivity contribution in [3.63, 3.8) is 0 Å². The van der Waals surface area contributed by atoms with Gasteiger partial charge in [-0.3, -0.25) is 0 Å². The third-order valence-electron chi connectivity index (χ3n) is 2.72. The van der Waals surface area contributed by atoms with Crippen LogP contribution in [0.2, 0.25) is 5.02 Å². The molecule has 1 aromatic rings. The molecular formula is C13H21ClN2O. The van der Waals surface area contributed by atoms with Crippen LogP contribution >= 0.6 is 11.6 Å². The lowest BCUT2D eigenvalue weighted by Gasteiger charge is -2.27. The molecule has 1 rings (SSSR count). The molecule has 4 N–H and O–H groups in total. The minimum Gasteiger partial charge on any atom is -0.494 e. The first-order chi connectivity index (χ1) is 7.84. The predicted molar refractivity (Wildman–Crippen MR) is 72.6 cm³/mol. The van der Waals surface area contributed by atoms with Crippen molar-refractivity contribution in [2.75, 3.05) is 6.61 Å². The zero-order valence-electron chi connectivity index (χ0n) is 10.7. The summed E-state index contributed by atoms with van der Waals surface area (Å²) in [4.78, 5) is 0. The zero-order chi connectivity index (χ0) is 13.1. The molecule has 0 spiro atoms. The predicted octanol–water partition coefficient (Wildman–Crippen LogP) is 2.35. The zero-order valence-corrected chi connectivity index (χ0v) is 11.4. The summed E-state index contributed by atoms with van der Waals surface area (Å²) in [6.07, 6.45) is 0.652. The maximum atomic E-state index is 6.07. The molecule has 0 aliphatic rings. The Morgan fingerprint density at radius 2 is 2.06 bits per heavy atom. The highest BCUT2D eigenvalue weighted by Crippen LogP contribution is 2.25. The number of halogens is 1. The Balaban J connectivity index is 2.92. The third kappa shape index (κ3) is 4.19. The Morgan fingerprint density at radius 1 is 1.41 bits per heavy atom. The molecule has 0 saturated carbocycles. The summed E-state index contributed by atoms with van der Waals surface area (Å²) in [6.45, 7) is 6.41. The van der Waals surface area contributed by atoms with Gasteiger partial charge in [-0.1, -0.05) is 11.6 Å². The van der Waals surface area contributed by atoms with E-state index in [0.717, 1.165) is 11.3 Å². The standard InChI is InChI=1S/C13H21ClN2O/c1-4-17-11-6-5-10(14)7-9(11)8-12(15)13(2,3)16/h5-7,12H,4,8,15-16H2,1-3H3. The lowest BCUT2D eigenvalue weighted by molar-refractivity contribution is 0.332. The monoisotopic (exact) mass is 256 g/mol. The van der Waals surface area contributed by atoms with Crippen LogP contribution in [-0.4, -0.2) is 18.2 Å². The summed E-state index contributed by atoms with van der Waals surface area (Å²) >= 11 is 5.99. The molecule has 0 saturated heterocycles. The van der Waals surface area contributed by atoms with Crippen molar-refractivity contribution >= 4 is 11.6 Å². The average molecular weight is 257 g/mol. The van der Waals surface area contributed by atoms with Crippen LogP contribution in [0.1, 0.15) is 26.3 Å². The van der Waals surface area contributed by atoms with E-state index in [-0.39, 0.29) is 6.04 Å². The highest BCUT2D eigenvalue weighted by atomic mass is 35.5. The molecule has 0 aliphatic heterocycles. The molecule has 0 heterocycles. The van der Waals surface area contributed by atoms with Crippen LogP contribution in [0.25, 0.3) is 0 Å². The van der Waals surface area contributed by atoms with E-state index in [9.17, 15) is 0 Å². The first-order valence-corrected chi connectivity index (χ1v) is 6.18. The minimum absolute atomic E-state index is 0.139. The van der Waals surface area contributed by atoms with E-state index in [1.807, 2.05) is 39.0 Å². The first-order valence-electron chi connectivity index (χ1n) is 5.80. The molecular weight excluding hydrogens is 236 g/mol. The summed E-state index contributed by atoms with van der Waals surface area (Å²) in [7, 11) is 0. The molecule has 1 aromatic carbocycles. The van der Waals surface area contributed by atoms with Crippen molar-refractivity contribution in [1.82, 2.24) is 0 Å². The minimum atomic E-state index is -0.425. The highest BCUT2D eigenvalue weighted by molar-refractivity contribution is 6.30. The summed E-state index contributed by atoms with van der Waals surface area (Å²) in [5, 5.41) is 0.686. The van der Waals surface area contributed by atoms with Gasteiger partial charge in [0.1, 0.15) is 5.75 Å². The lowest BCUT2D eigenvalue weighted by Crippen LogP contribution is -2.51. The fourth-order valence-corrected chi connectivity index (χ4v) is 1.70. The van der Waals surface area contributed by atoms with Gasteiger partial charge in [0.05, 0.1) is 6.61 Å². The second-order valence-corrected chi connectivity index (χ2v) is 5.25. The van der Waals surface area contributed by atoms with Crippen LogP contribution in [0.3, 0.4) is 0 Å². The fourth-order valence-electron chi connectivity index (χ4n) is 1.50. The normalized spacial score (nSPS) is 13.5. The molecule has 0 bridgehead atoms. The van der Waals surface area contributed by atoms with Gasteiger partial charge in [-0.2, -0.15) is 0 Å². The molecule has 0 radical (unpaired) electrons. The number of hydrogen-bond acceptors (Lipinski definition) is 3. The quantitative estimate of drug-likeness (QED) is 0.850. The van der Waals surface area contributed by atoms with Crippen molar-refractivity contribution in [3.05, 3.63) is 28.8 Å². The van der Waals surface area contributed by atoms with Crippen molar-refractivity contribution in [2.24, 2.45) is 11.5 Å². The second kappa shape index (κ2) is 5.71. The van der Waals surface area contributed by atoms with Gasteiger partial charge in [-0.05, 0) is 51.0 Å². The van der Waals surface area contributed by atoms with Gasteiger partial charge in [0.25, 0.3) is 0 Å². The molecule has 4 heteroatoms. The molecule has 1 atom stereocenters. The number of benzene rings is 1. The number of hydrogen-bond donors (Lipinski definition) is 2. The van der Waals surface area contributed by atoms with Gasteiger partial charge < -0.3 is 16.2 Å². The van der Waals surface area contributed by atoms with Crippen molar-refractivity contribution < 1.29 is 4.74 Å². The Bertz CT molecular complexity index is 374. The van der Waals surface area contributed by atoms with E-state index in [0.29, 0.717) is 18.1 Å². The van der Waals surface area contributed by atoms with E-state index in [1.54, 1.807) is 0 Å².